The Morgan fingerprint density at radius 3 is 2.21 bits per heavy atom. The van der Waals surface area contributed by atoms with Crippen molar-refractivity contribution in [2.45, 2.75) is 19.9 Å². The zero-order chi connectivity index (χ0) is 20.7. The van der Waals surface area contributed by atoms with E-state index in [1.807, 2.05) is 6.07 Å². The zero-order valence-corrected chi connectivity index (χ0v) is 18.8. The lowest BCUT2D eigenvalue weighted by Gasteiger charge is -2.27. The second-order valence-corrected chi connectivity index (χ2v) is 6.25. The fourth-order valence-corrected chi connectivity index (χ4v) is 3.12. The lowest BCUT2D eigenvalue weighted by molar-refractivity contribution is 0.0696. The molecule has 7 nitrogen and oxygen atoms in total. The van der Waals surface area contributed by atoms with E-state index in [1.165, 1.54) is 39.0 Å². The van der Waals surface area contributed by atoms with Crippen molar-refractivity contribution >= 4 is 23.0 Å². The quantitative estimate of drug-likeness (QED) is 0.688. The molecule has 0 aliphatic carbocycles. The Kier molecular flexibility index (Phi) is 9.77. The molecular formula is C21H28BrNO6. The summed E-state index contributed by atoms with van der Waals surface area (Å²) < 4.78 is 15.1. The van der Waals surface area contributed by atoms with E-state index in [0.29, 0.717) is 23.0 Å². The summed E-state index contributed by atoms with van der Waals surface area (Å²) in [4.78, 5) is 13.2. The van der Waals surface area contributed by atoms with Gasteiger partial charge in [-0.3, -0.25) is 4.90 Å². The number of rotatable bonds is 5. The first-order chi connectivity index (χ1) is 13.4. The van der Waals surface area contributed by atoms with Gasteiger partial charge >= 0.3 is 5.97 Å². The molecule has 2 aromatic rings. The fraction of sp³-hybridized carbons (Fsp3) is 0.381. The number of hydrogen-bond donors (Lipinski definition) is 2. The molecule has 2 aromatic carbocycles. The van der Waals surface area contributed by atoms with Crippen LogP contribution in [-0.4, -0.2) is 55.5 Å². The van der Waals surface area contributed by atoms with Crippen molar-refractivity contribution in [3.8, 4) is 23.0 Å². The van der Waals surface area contributed by atoms with Crippen molar-refractivity contribution in [2.24, 2.45) is 0 Å². The van der Waals surface area contributed by atoms with Gasteiger partial charge in [-0.05, 0) is 42.3 Å². The molecule has 160 valence electrons. The minimum Gasteiger partial charge on any atom is -0.508 e. The predicted molar refractivity (Wildman–Crippen MR) is 116 cm³/mol. The Bertz CT molecular complexity index is 802. The van der Waals surface area contributed by atoms with Gasteiger partial charge in [-0.25, -0.2) is 4.79 Å². The van der Waals surface area contributed by atoms with Gasteiger partial charge in [0.25, 0.3) is 0 Å². The van der Waals surface area contributed by atoms with Gasteiger partial charge in [-0.1, -0.05) is 19.1 Å². The molecule has 8 heteroatoms. The first-order valence-corrected chi connectivity index (χ1v) is 9.00. The molecule has 0 spiro atoms. The van der Waals surface area contributed by atoms with Crippen LogP contribution in [0.4, 0.5) is 0 Å². The van der Waals surface area contributed by atoms with Crippen molar-refractivity contribution in [3.05, 3.63) is 47.0 Å². The third kappa shape index (κ3) is 6.01. The Morgan fingerprint density at radius 2 is 1.72 bits per heavy atom. The predicted octanol–water partition coefficient (Wildman–Crippen LogP) is 3.76. The van der Waals surface area contributed by atoms with Crippen molar-refractivity contribution in [1.29, 1.82) is 0 Å². The number of fused-ring (bicyclic) bond motifs is 1. The third-order valence-electron chi connectivity index (χ3n) is 4.68. The Morgan fingerprint density at radius 1 is 1.10 bits per heavy atom. The number of carboxylic acid groups (broad SMARTS) is 1. The molecule has 1 aliphatic rings. The van der Waals surface area contributed by atoms with Gasteiger partial charge in [-0.2, -0.15) is 0 Å². The average molecular weight is 470 g/mol. The van der Waals surface area contributed by atoms with E-state index in [1.54, 1.807) is 6.07 Å². The minimum absolute atomic E-state index is 0. The van der Waals surface area contributed by atoms with Crippen LogP contribution in [0.3, 0.4) is 0 Å². The maximum atomic E-state index is 10.8. The molecule has 3 rings (SSSR count). The molecule has 0 atom stereocenters. The SMILES string of the molecule is Br.CCN1CCc2c(O)cccc2C1.COc1cc(C(=O)O)cc(OC)c1OC. The van der Waals surface area contributed by atoms with Crippen molar-refractivity contribution in [3.63, 3.8) is 0 Å². The number of benzene rings is 2. The van der Waals surface area contributed by atoms with E-state index in [9.17, 15) is 9.90 Å². The Balaban J connectivity index is 0.000000282. The number of carboxylic acids is 1. The number of methoxy groups -OCH3 is 3. The van der Waals surface area contributed by atoms with E-state index in [4.69, 9.17) is 19.3 Å². The number of aromatic hydroxyl groups is 1. The maximum absolute atomic E-state index is 10.8. The van der Waals surface area contributed by atoms with E-state index in [-0.39, 0.29) is 22.5 Å². The normalized spacial score (nSPS) is 12.6. The fourth-order valence-electron chi connectivity index (χ4n) is 3.12. The molecule has 1 heterocycles. The van der Waals surface area contributed by atoms with E-state index < -0.39 is 5.97 Å². The van der Waals surface area contributed by atoms with E-state index in [0.717, 1.165) is 31.6 Å². The molecule has 0 fully saturated rings. The summed E-state index contributed by atoms with van der Waals surface area (Å²) in [6, 6.07) is 8.57. The van der Waals surface area contributed by atoms with Crippen LogP contribution >= 0.6 is 17.0 Å². The van der Waals surface area contributed by atoms with E-state index in [2.05, 4.69) is 17.9 Å². The van der Waals surface area contributed by atoms with Crippen LogP contribution in [0.1, 0.15) is 28.4 Å². The summed E-state index contributed by atoms with van der Waals surface area (Å²) in [7, 11) is 4.33. The van der Waals surface area contributed by atoms with Gasteiger partial charge in [0.05, 0.1) is 26.9 Å². The van der Waals surface area contributed by atoms with Crippen molar-refractivity contribution < 1.29 is 29.2 Å². The number of likely N-dealkylation sites (N-methyl/N-ethyl adjacent to an activating group) is 1. The maximum Gasteiger partial charge on any atom is 0.335 e. The first-order valence-electron chi connectivity index (χ1n) is 9.00. The summed E-state index contributed by atoms with van der Waals surface area (Å²) in [5.74, 6) is 0.455. The average Bonchev–Trinajstić information content (AvgIpc) is 2.72. The van der Waals surface area contributed by atoms with Gasteiger partial charge in [-0.15, -0.1) is 17.0 Å². The lowest BCUT2D eigenvalue weighted by Crippen LogP contribution is -2.30. The highest BCUT2D eigenvalue weighted by atomic mass is 79.9. The summed E-state index contributed by atoms with van der Waals surface area (Å²) in [6.07, 6.45) is 0.982. The molecule has 0 unspecified atom stereocenters. The smallest absolute Gasteiger partial charge is 0.335 e. The van der Waals surface area contributed by atoms with Crippen molar-refractivity contribution in [1.82, 2.24) is 4.90 Å². The van der Waals surface area contributed by atoms with Crippen LogP contribution in [0, 0.1) is 0 Å². The standard InChI is InChI=1S/C11H15NO.C10H12O5.BrH/c1-2-12-7-6-10-9(8-12)4-3-5-11(10)13;1-13-7-4-6(10(11)12)5-8(14-2)9(7)15-3;/h3-5,13H,2,6-8H2,1H3;4-5H,1-3H3,(H,11,12);1H. The highest BCUT2D eigenvalue weighted by Crippen LogP contribution is 2.38. The van der Waals surface area contributed by atoms with Crippen molar-refractivity contribution in [2.75, 3.05) is 34.4 Å². The monoisotopic (exact) mass is 469 g/mol. The van der Waals surface area contributed by atoms with Gasteiger partial charge in [0, 0.05) is 13.1 Å². The molecule has 0 bridgehead atoms. The van der Waals surface area contributed by atoms with E-state index >= 15 is 0 Å². The number of aromatic carboxylic acids is 1. The van der Waals surface area contributed by atoms with Crippen LogP contribution in [-0.2, 0) is 13.0 Å². The second-order valence-electron chi connectivity index (χ2n) is 6.25. The Labute approximate surface area is 181 Å². The molecule has 0 amide bonds. The third-order valence-corrected chi connectivity index (χ3v) is 4.68. The molecule has 1 aliphatic heterocycles. The number of phenols is 1. The molecule has 0 aromatic heterocycles. The van der Waals surface area contributed by atoms with Gasteiger partial charge in [0.15, 0.2) is 11.5 Å². The second kappa shape index (κ2) is 11.5. The summed E-state index contributed by atoms with van der Waals surface area (Å²) in [6.45, 7) is 5.32. The van der Waals surface area contributed by atoms with Crippen LogP contribution < -0.4 is 14.2 Å². The number of hydrogen-bond acceptors (Lipinski definition) is 6. The Hall–Kier alpha value is -2.45. The molecule has 2 N–H and O–H groups in total. The number of halogens is 1. The number of ether oxygens (including phenoxy) is 3. The highest BCUT2D eigenvalue weighted by molar-refractivity contribution is 8.93. The lowest BCUT2D eigenvalue weighted by atomic mass is 9.99. The van der Waals surface area contributed by atoms with Crippen LogP contribution in [0.15, 0.2) is 30.3 Å². The molecule has 29 heavy (non-hydrogen) atoms. The van der Waals surface area contributed by atoms with Gasteiger partial charge in [0.2, 0.25) is 5.75 Å². The zero-order valence-electron chi connectivity index (χ0n) is 17.1. The topological polar surface area (TPSA) is 88.5 Å². The minimum atomic E-state index is -1.05. The van der Waals surface area contributed by atoms with Crippen LogP contribution in [0.2, 0.25) is 0 Å². The number of phenolic OH excluding ortho intramolecular Hbond substituents is 1. The molecule has 0 saturated carbocycles. The summed E-state index contributed by atoms with van der Waals surface area (Å²) >= 11 is 0. The highest BCUT2D eigenvalue weighted by Gasteiger charge is 2.17. The number of carbonyl (C=O) groups is 1. The molecule has 0 radical (unpaired) electrons. The summed E-state index contributed by atoms with van der Waals surface area (Å²) in [5.41, 5.74) is 2.52. The molecular weight excluding hydrogens is 442 g/mol. The summed E-state index contributed by atoms with van der Waals surface area (Å²) in [5, 5.41) is 18.4. The van der Waals surface area contributed by atoms with Gasteiger partial charge < -0.3 is 24.4 Å². The molecule has 0 saturated heterocycles. The number of nitrogens with zero attached hydrogens (tertiary/aromatic N) is 1. The largest absolute Gasteiger partial charge is 0.508 e. The van der Waals surface area contributed by atoms with Crippen LogP contribution in [0.25, 0.3) is 0 Å². The van der Waals surface area contributed by atoms with Gasteiger partial charge in [0.1, 0.15) is 5.75 Å². The van der Waals surface area contributed by atoms with Crippen LogP contribution in [0.5, 0.6) is 23.0 Å². The first kappa shape index (κ1) is 24.6.